The van der Waals surface area contributed by atoms with E-state index in [1.54, 1.807) is 0 Å². The summed E-state index contributed by atoms with van der Waals surface area (Å²) < 4.78 is 4.85. The van der Waals surface area contributed by atoms with Crippen LogP contribution in [0.4, 0.5) is 28.4 Å². The van der Waals surface area contributed by atoms with Gasteiger partial charge in [0.05, 0.1) is 38.9 Å². The maximum atomic E-state index is 3.89. The highest BCUT2D eigenvalue weighted by molar-refractivity contribution is 6.17. The van der Waals surface area contributed by atoms with Crippen LogP contribution < -0.4 is 10.2 Å². The second-order valence-electron chi connectivity index (χ2n) is 25.6. The number of aryl methyl sites for hydroxylation is 1. The largest absolute Gasteiger partial charge is 0.355 e. The summed E-state index contributed by atoms with van der Waals surface area (Å²) in [6.07, 6.45) is 0. The standard InChI is InChI=1S/C92H62N4/c1-60-24-19-38-74(75-39-23-49-89-91(75)77-37-9-16-46-86(77)95(89)68-30-21-29-65(57-68)61-25-3-2-4-26-61)90(60)76-36-6-13-43-83(76)93-67-53-50-62(51-54-67)63-27-20-28-64(56-63)66-52-55-80-78(58-66)71-33-5-10-40-79(71)92(80)81-41-11-17-47-87(81)96(88-48-18-12-42-82(88)92)70-32-22-31-69(59-70)94-84-44-14-7-34-72(84)73-35-8-15-45-85(73)94/h2-59,93H,1H3. The van der Waals surface area contributed by atoms with Gasteiger partial charge in [0.15, 0.2) is 0 Å². The fourth-order valence-electron chi connectivity index (χ4n) is 16.4. The molecule has 0 saturated carbocycles. The first kappa shape index (κ1) is 55.2. The van der Waals surface area contributed by atoms with Crippen molar-refractivity contribution in [2.75, 3.05) is 10.2 Å². The average molecular weight is 1220 g/mol. The van der Waals surface area contributed by atoms with E-state index in [1.807, 2.05) is 0 Å². The van der Waals surface area contributed by atoms with Gasteiger partial charge in [-0.05, 0) is 193 Å². The predicted molar refractivity (Wildman–Crippen MR) is 402 cm³/mol. The Balaban J connectivity index is 0.646. The lowest BCUT2D eigenvalue weighted by Gasteiger charge is -2.45. The molecule has 4 nitrogen and oxygen atoms in total. The third-order valence-electron chi connectivity index (χ3n) is 20.4. The smallest absolute Gasteiger partial charge is 0.0754 e. The van der Waals surface area contributed by atoms with Crippen molar-refractivity contribution in [3.8, 4) is 78.1 Å². The van der Waals surface area contributed by atoms with Crippen molar-refractivity contribution in [1.29, 1.82) is 0 Å². The molecule has 96 heavy (non-hydrogen) atoms. The van der Waals surface area contributed by atoms with Crippen LogP contribution in [0.5, 0.6) is 0 Å². The highest BCUT2D eigenvalue weighted by Gasteiger charge is 2.51. The molecule has 0 saturated heterocycles. The zero-order valence-electron chi connectivity index (χ0n) is 52.8. The summed E-state index contributed by atoms with van der Waals surface area (Å²) in [6, 6.07) is 130. The maximum absolute atomic E-state index is 3.89. The van der Waals surface area contributed by atoms with Crippen molar-refractivity contribution in [3.63, 3.8) is 0 Å². The minimum absolute atomic E-state index is 0.562. The van der Waals surface area contributed by atoms with E-state index in [2.05, 4.69) is 378 Å². The summed E-state index contributed by atoms with van der Waals surface area (Å²) in [7, 11) is 0. The molecule has 19 rings (SSSR count). The quantitative estimate of drug-likeness (QED) is 0.148. The SMILES string of the molecule is Cc1cccc(-c2cccc3c2c2ccccc2n3-c2cccc(-c3ccccc3)c2)c1-c1ccccc1Nc1ccc(-c2cccc(-c3ccc4c(c3)-c3ccccc3C43c4ccccc4N(c4cccc(-n5c6ccccc6c6ccccc65)c4)c4ccccc43)c2)cc1. The second kappa shape index (κ2) is 22.1. The number of fused-ring (bicyclic) bond motifs is 15. The number of benzene rings is 15. The van der Waals surface area contributed by atoms with Gasteiger partial charge in [-0.3, -0.25) is 0 Å². The molecule has 3 heterocycles. The van der Waals surface area contributed by atoms with Gasteiger partial charge in [-0.25, -0.2) is 0 Å². The molecular formula is C92H62N4. The number of nitrogens with zero attached hydrogens (tertiary/aromatic N) is 3. The highest BCUT2D eigenvalue weighted by Crippen LogP contribution is 2.64. The molecule has 15 aromatic carbocycles. The number of hydrogen-bond donors (Lipinski definition) is 1. The second-order valence-corrected chi connectivity index (χ2v) is 25.6. The van der Waals surface area contributed by atoms with Crippen LogP contribution in [0.25, 0.3) is 122 Å². The molecule has 0 amide bonds. The van der Waals surface area contributed by atoms with Crippen LogP contribution in [0.2, 0.25) is 0 Å². The van der Waals surface area contributed by atoms with E-state index in [-0.39, 0.29) is 0 Å². The fraction of sp³-hybridized carbons (Fsp3) is 0.0217. The van der Waals surface area contributed by atoms with Gasteiger partial charge < -0.3 is 19.4 Å². The van der Waals surface area contributed by atoms with Gasteiger partial charge in [0, 0.05) is 55.5 Å². The summed E-state index contributed by atoms with van der Waals surface area (Å²) in [6.45, 7) is 2.24. The Labute approximate surface area is 558 Å². The Hall–Kier alpha value is -12.5. The van der Waals surface area contributed by atoms with E-state index < -0.39 is 5.41 Å². The van der Waals surface area contributed by atoms with E-state index in [4.69, 9.17) is 0 Å². The lowest BCUT2D eigenvalue weighted by molar-refractivity contribution is 0.752. The first-order chi connectivity index (χ1) is 47.5. The molecule has 17 aromatic rings. The van der Waals surface area contributed by atoms with Gasteiger partial charge in [0.2, 0.25) is 0 Å². The molecule has 1 N–H and O–H groups in total. The van der Waals surface area contributed by atoms with Crippen molar-refractivity contribution in [1.82, 2.24) is 9.13 Å². The molecule has 1 aliphatic heterocycles. The van der Waals surface area contributed by atoms with Gasteiger partial charge >= 0.3 is 0 Å². The number of hydrogen-bond acceptors (Lipinski definition) is 2. The van der Waals surface area contributed by atoms with Gasteiger partial charge in [-0.2, -0.15) is 0 Å². The third kappa shape index (κ3) is 8.48. The topological polar surface area (TPSA) is 25.1 Å². The average Bonchev–Trinajstić information content (AvgIpc) is 1.41. The first-order valence-corrected chi connectivity index (χ1v) is 33.2. The molecule has 2 aliphatic rings. The third-order valence-corrected chi connectivity index (χ3v) is 20.4. The lowest BCUT2D eigenvalue weighted by atomic mass is 9.64. The molecular weight excluding hydrogens is 1160 g/mol. The van der Waals surface area contributed by atoms with Gasteiger partial charge in [-0.1, -0.05) is 255 Å². The van der Waals surface area contributed by atoms with E-state index >= 15 is 0 Å². The normalized spacial score (nSPS) is 12.7. The Bertz CT molecular complexity index is 5860. The number of nitrogens with one attached hydrogen (secondary N) is 1. The molecule has 1 spiro atoms. The van der Waals surface area contributed by atoms with Crippen molar-refractivity contribution in [3.05, 3.63) is 380 Å². The first-order valence-electron chi connectivity index (χ1n) is 33.2. The molecule has 1 aliphatic carbocycles. The predicted octanol–water partition coefficient (Wildman–Crippen LogP) is 24.4. The minimum atomic E-state index is -0.562. The molecule has 450 valence electrons. The van der Waals surface area contributed by atoms with E-state index in [9.17, 15) is 0 Å². The van der Waals surface area contributed by atoms with E-state index in [0.717, 1.165) is 39.6 Å². The van der Waals surface area contributed by atoms with Crippen molar-refractivity contribution in [2.24, 2.45) is 0 Å². The molecule has 0 bridgehead atoms. The highest BCUT2D eigenvalue weighted by atomic mass is 15.2. The molecule has 0 atom stereocenters. The van der Waals surface area contributed by atoms with Crippen LogP contribution in [0.15, 0.2) is 352 Å². The van der Waals surface area contributed by atoms with Crippen LogP contribution in [0.1, 0.15) is 27.8 Å². The van der Waals surface area contributed by atoms with Crippen LogP contribution in [-0.4, -0.2) is 9.13 Å². The van der Waals surface area contributed by atoms with E-state index in [0.29, 0.717) is 0 Å². The summed E-state index contributed by atoms with van der Waals surface area (Å²) in [5.41, 5.74) is 32.7. The maximum Gasteiger partial charge on any atom is 0.0754 e. The summed E-state index contributed by atoms with van der Waals surface area (Å²) in [5, 5.41) is 8.87. The fourth-order valence-corrected chi connectivity index (χ4v) is 16.4. The monoisotopic (exact) mass is 1220 g/mol. The number of para-hydroxylation sites is 6. The minimum Gasteiger partial charge on any atom is -0.355 e. The lowest BCUT2D eigenvalue weighted by Crippen LogP contribution is -2.36. The zero-order valence-corrected chi connectivity index (χ0v) is 52.8. The van der Waals surface area contributed by atoms with E-state index in [1.165, 1.54) is 138 Å². The molecule has 2 aromatic heterocycles. The summed E-state index contributed by atoms with van der Waals surface area (Å²) in [5.74, 6) is 0. The number of rotatable bonds is 10. The Kier molecular flexibility index (Phi) is 12.7. The van der Waals surface area contributed by atoms with Crippen molar-refractivity contribution < 1.29 is 0 Å². The Morgan fingerprint density at radius 3 is 1.47 bits per heavy atom. The zero-order chi connectivity index (χ0) is 63.4. The number of anilines is 5. The summed E-state index contributed by atoms with van der Waals surface area (Å²) >= 11 is 0. The van der Waals surface area contributed by atoms with Crippen LogP contribution >= 0.6 is 0 Å². The van der Waals surface area contributed by atoms with Crippen LogP contribution in [0, 0.1) is 6.92 Å². The van der Waals surface area contributed by atoms with Crippen molar-refractivity contribution in [2.45, 2.75) is 12.3 Å². The molecule has 0 radical (unpaired) electrons. The molecule has 0 fully saturated rings. The van der Waals surface area contributed by atoms with Gasteiger partial charge in [0.1, 0.15) is 0 Å². The Morgan fingerprint density at radius 2 is 0.729 bits per heavy atom. The van der Waals surface area contributed by atoms with Crippen LogP contribution in [0.3, 0.4) is 0 Å². The van der Waals surface area contributed by atoms with Crippen LogP contribution in [-0.2, 0) is 5.41 Å². The number of aromatic nitrogens is 2. The van der Waals surface area contributed by atoms with Gasteiger partial charge in [0.25, 0.3) is 0 Å². The Morgan fingerprint density at radius 1 is 0.271 bits per heavy atom. The summed E-state index contributed by atoms with van der Waals surface area (Å²) in [4.78, 5) is 2.49. The van der Waals surface area contributed by atoms with Gasteiger partial charge in [-0.15, -0.1) is 0 Å². The molecule has 4 heteroatoms. The van der Waals surface area contributed by atoms with Crippen molar-refractivity contribution >= 4 is 72.0 Å². The molecule has 0 unspecified atom stereocenters.